The van der Waals surface area contributed by atoms with E-state index < -0.39 is 5.41 Å². The topological polar surface area (TPSA) is 21.7 Å². The molecule has 1 unspecified atom stereocenters. The summed E-state index contributed by atoms with van der Waals surface area (Å²) >= 11 is 0. The third kappa shape index (κ3) is 5.21. The fourth-order valence-electron chi connectivity index (χ4n) is 7.31. The molecule has 3 heteroatoms. The zero-order valence-electron chi connectivity index (χ0n) is 27.6. The van der Waals surface area contributed by atoms with E-state index in [-0.39, 0.29) is 5.41 Å². The molecule has 1 aliphatic rings. The Morgan fingerprint density at radius 2 is 1.56 bits per heavy atom. The molecule has 6 rings (SSSR count). The summed E-state index contributed by atoms with van der Waals surface area (Å²) in [4.78, 5) is 2.34. The molecule has 1 aliphatic heterocycles. The lowest BCUT2D eigenvalue weighted by atomic mass is 9.69. The largest absolute Gasteiger partial charge is 0.497 e. The fourth-order valence-corrected chi connectivity index (χ4v) is 7.31. The first-order chi connectivity index (χ1) is 21.6. The Labute approximate surface area is 268 Å². The molecule has 0 fully saturated rings. The minimum absolute atomic E-state index is 0.133. The summed E-state index contributed by atoms with van der Waals surface area (Å²) in [6.45, 7) is 13.9. The van der Waals surface area contributed by atoms with Crippen LogP contribution >= 0.6 is 0 Å². The number of ether oxygens (including phenoxy) is 2. The Morgan fingerprint density at radius 1 is 0.867 bits per heavy atom. The maximum atomic E-state index is 5.87. The summed E-state index contributed by atoms with van der Waals surface area (Å²) in [6.07, 6.45) is 7.37. The van der Waals surface area contributed by atoms with Crippen LogP contribution in [0.25, 0.3) is 21.5 Å². The van der Waals surface area contributed by atoms with Crippen molar-refractivity contribution in [2.45, 2.75) is 44.9 Å². The molecule has 0 amide bonds. The second kappa shape index (κ2) is 11.6. The number of benzene rings is 5. The van der Waals surface area contributed by atoms with Gasteiger partial charge in [-0.2, -0.15) is 0 Å². The van der Waals surface area contributed by atoms with Crippen LogP contribution in [0.4, 0.5) is 5.69 Å². The number of nitrogens with zero attached hydrogens (tertiary/aromatic N) is 1. The highest BCUT2D eigenvalue weighted by Crippen LogP contribution is 2.49. The summed E-state index contributed by atoms with van der Waals surface area (Å²) < 4.78 is 11.4. The lowest BCUT2D eigenvalue weighted by molar-refractivity contribution is 0.388. The number of methoxy groups -OCH3 is 2. The van der Waals surface area contributed by atoms with E-state index in [9.17, 15) is 0 Å². The minimum atomic E-state index is -0.417. The van der Waals surface area contributed by atoms with Crippen LogP contribution in [-0.4, -0.2) is 21.3 Å². The first-order valence-electron chi connectivity index (χ1n) is 15.6. The Balaban J connectivity index is 1.43. The normalized spacial score (nSPS) is 16.3. The van der Waals surface area contributed by atoms with E-state index >= 15 is 0 Å². The number of aryl methyl sites for hydroxylation is 1. The van der Waals surface area contributed by atoms with Crippen LogP contribution in [0.2, 0.25) is 0 Å². The summed E-state index contributed by atoms with van der Waals surface area (Å²) in [6, 6.07) is 32.5. The van der Waals surface area contributed by atoms with Crippen LogP contribution in [0.5, 0.6) is 11.5 Å². The Bertz CT molecular complexity index is 2000. The molecule has 0 radical (unpaired) electrons. The van der Waals surface area contributed by atoms with Gasteiger partial charge in [0.05, 0.1) is 14.2 Å². The number of likely N-dealkylation sites (N-methyl/N-ethyl adjacent to an activating group) is 1. The highest BCUT2D eigenvalue weighted by Gasteiger charge is 2.38. The number of hydrogen-bond acceptors (Lipinski definition) is 3. The van der Waals surface area contributed by atoms with E-state index in [0.29, 0.717) is 0 Å². The van der Waals surface area contributed by atoms with Crippen LogP contribution in [0.1, 0.15) is 43.0 Å². The molecule has 228 valence electrons. The first kappa shape index (κ1) is 30.3. The highest BCUT2D eigenvalue weighted by atomic mass is 16.5. The summed E-state index contributed by atoms with van der Waals surface area (Å²) in [5, 5.41) is 5.02. The molecule has 3 nitrogen and oxygen atoms in total. The van der Waals surface area contributed by atoms with Gasteiger partial charge >= 0.3 is 0 Å². The molecular formula is C42H43NO2. The summed E-state index contributed by atoms with van der Waals surface area (Å²) in [5.74, 6) is 1.60. The monoisotopic (exact) mass is 593 g/mol. The third-order valence-corrected chi connectivity index (χ3v) is 9.89. The van der Waals surface area contributed by atoms with E-state index in [1.54, 1.807) is 14.2 Å². The Hall–Kier alpha value is -4.76. The quantitative estimate of drug-likeness (QED) is 0.167. The summed E-state index contributed by atoms with van der Waals surface area (Å²) in [7, 11) is 5.58. The van der Waals surface area contributed by atoms with Crippen molar-refractivity contribution in [1.82, 2.24) is 0 Å². The lowest BCUT2D eigenvalue weighted by Crippen LogP contribution is -2.28. The van der Waals surface area contributed by atoms with Crippen molar-refractivity contribution in [2.24, 2.45) is 0 Å². The van der Waals surface area contributed by atoms with Crippen molar-refractivity contribution in [2.75, 3.05) is 26.2 Å². The molecule has 45 heavy (non-hydrogen) atoms. The predicted octanol–water partition coefficient (Wildman–Crippen LogP) is 10.2. The number of allylic oxidation sites excluding steroid dienone is 5. The third-order valence-electron chi connectivity index (χ3n) is 9.89. The van der Waals surface area contributed by atoms with Crippen LogP contribution < -0.4 is 14.4 Å². The van der Waals surface area contributed by atoms with Gasteiger partial charge in [-0.3, -0.25) is 0 Å². The van der Waals surface area contributed by atoms with Gasteiger partial charge in [-0.1, -0.05) is 106 Å². The molecule has 0 N–H and O–H groups in total. The van der Waals surface area contributed by atoms with Crippen molar-refractivity contribution < 1.29 is 9.47 Å². The average molecular weight is 594 g/mol. The maximum Gasteiger partial charge on any atom is 0.125 e. The van der Waals surface area contributed by atoms with E-state index in [0.717, 1.165) is 29.1 Å². The zero-order chi connectivity index (χ0) is 31.9. The molecule has 0 bridgehead atoms. The van der Waals surface area contributed by atoms with Crippen LogP contribution in [0.15, 0.2) is 127 Å². The van der Waals surface area contributed by atoms with Gasteiger partial charge in [-0.25, -0.2) is 0 Å². The zero-order valence-corrected chi connectivity index (χ0v) is 27.6. The van der Waals surface area contributed by atoms with E-state index in [2.05, 4.69) is 137 Å². The van der Waals surface area contributed by atoms with E-state index in [1.807, 2.05) is 12.1 Å². The SMILES string of the molecule is C=C(/C=C/C=C1/N(C)c2cc3ccccc3cc2C1(C)C)C(C)(Cc1ccc(OC)cc1OC)c1c(C)ccc2ccccc12. The molecule has 5 aromatic rings. The maximum absolute atomic E-state index is 5.87. The smallest absolute Gasteiger partial charge is 0.125 e. The van der Waals surface area contributed by atoms with Gasteiger partial charge in [0.1, 0.15) is 11.5 Å². The molecule has 1 atom stereocenters. The molecule has 0 saturated carbocycles. The van der Waals surface area contributed by atoms with Crippen LogP contribution in [-0.2, 0) is 17.3 Å². The van der Waals surface area contributed by atoms with Crippen LogP contribution in [0, 0.1) is 6.92 Å². The van der Waals surface area contributed by atoms with Crippen molar-refractivity contribution in [3.05, 3.63) is 149 Å². The van der Waals surface area contributed by atoms with Crippen molar-refractivity contribution in [3.63, 3.8) is 0 Å². The molecule has 0 aromatic heterocycles. The van der Waals surface area contributed by atoms with Gasteiger partial charge < -0.3 is 14.4 Å². The molecule has 1 heterocycles. The van der Waals surface area contributed by atoms with Crippen LogP contribution in [0.3, 0.4) is 0 Å². The molecule has 5 aromatic carbocycles. The van der Waals surface area contributed by atoms with Gasteiger partial charge in [0.25, 0.3) is 0 Å². The first-order valence-corrected chi connectivity index (χ1v) is 15.6. The number of fused-ring (bicyclic) bond motifs is 3. The van der Waals surface area contributed by atoms with Gasteiger partial charge in [0.2, 0.25) is 0 Å². The lowest BCUT2D eigenvalue weighted by Gasteiger charge is -2.35. The standard InChI is InChI=1S/C42H43NO2/c1-28-20-21-30-15-11-12-18-35(30)40(28)42(5,27-33-22-23-34(44-7)26-38(33)45-8)29(2)14-13-19-39-41(3,4)36-24-31-16-9-10-17-32(31)25-37(36)43(39)6/h9-26H,2,27H2,1,3-8H3/b14-13+,39-19+. The second-order valence-corrected chi connectivity index (χ2v) is 13.0. The number of hydrogen-bond donors (Lipinski definition) is 0. The fraction of sp³-hybridized carbons (Fsp3) is 0.238. The predicted molar refractivity (Wildman–Crippen MR) is 191 cm³/mol. The van der Waals surface area contributed by atoms with Crippen molar-refractivity contribution >= 4 is 27.2 Å². The second-order valence-electron chi connectivity index (χ2n) is 13.0. The van der Waals surface area contributed by atoms with Crippen molar-refractivity contribution in [1.29, 1.82) is 0 Å². The summed E-state index contributed by atoms with van der Waals surface area (Å²) in [5.41, 5.74) is 8.01. The molecular weight excluding hydrogens is 550 g/mol. The average Bonchev–Trinajstić information content (AvgIpc) is 3.23. The molecule has 0 saturated heterocycles. The number of anilines is 1. The van der Waals surface area contributed by atoms with E-state index in [1.165, 1.54) is 49.6 Å². The Kier molecular flexibility index (Phi) is 7.82. The minimum Gasteiger partial charge on any atom is -0.497 e. The highest BCUT2D eigenvalue weighted by molar-refractivity contribution is 5.91. The van der Waals surface area contributed by atoms with Crippen molar-refractivity contribution in [3.8, 4) is 11.5 Å². The van der Waals surface area contributed by atoms with Gasteiger partial charge in [0.15, 0.2) is 0 Å². The molecule has 0 aliphatic carbocycles. The van der Waals surface area contributed by atoms with Gasteiger partial charge in [-0.15, -0.1) is 0 Å². The number of rotatable bonds is 8. The van der Waals surface area contributed by atoms with Gasteiger partial charge in [0, 0.05) is 35.3 Å². The molecule has 0 spiro atoms. The van der Waals surface area contributed by atoms with Gasteiger partial charge in [-0.05, 0) is 87.0 Å². The van der Waals surface area contributed by atoms with E-state index in [4.69, 9.17) is 16.1 Å². The Morgan fingerprint density at radius 3 is 2.27 bits per heavy atom.